The average Bonchev–Trinajstić information content (AvgIpc) is 2.61. The molecule has 0 saturated heterocycles. The van der Waals surface area contributed by atoms with Crippen LogP contribution in [-0.4, -0.2) is 16.0 Å². The van der Waals surface area contributed by atoms with E-state index in [2.05, 4.69) is 4.98 Å². The highest BCUT2D eigenvalue weighted by Gasteiger charge is 2.35. The smallest absolute Gasteiger partial charge is 0.323 e. The molecule has 1 rings (SSSR count). The normalized spacial score (nSPS) is 14.4. The molecule has 2 nitrogen and oxygen atoms in total. The van der Waals surface area contributed by atoms with Crippen molar-refractivity contribution >= 4 is 23.1 Å². The summed E-state index contributed by atoms with van der Waals surface area (Å²) < 4.78 is 36.8. The first-order chi connectivity index (χ1) is 7.30. The number of halogens is 3. The van der Waals surface area contributed by atoms with E-state index in [9.17, 15) is 13.2 Å². The molecular formula is C9H13F3N2S2. The monoisotopic (exact) mass is 270 g/mol. The molecular weight excluding hydrogens is 257 g/mol. The van der Waals surface area contributed by atoms with E-state index in [1.165, 1.54) is 6.20 Å². The van der Waals surface area contributed by atoms with Gasteiger partial charge in [0.2, 0.25) is 0 Å². The summed E-state index contributed by atoms with van der Waals surface area (Å²) in [6.07, 6.45) is -3.15. The molecule has 1 aromatic heterocycles. The summed E-state index contributed by atoms with van der Waals surface area (Å²) in [6.45, 7) is 4.04. The summed E-state index contributed by atoms with van der Waals surface area (Å²) in [5.41, 5.74) is 5.78. The van der Waals surface area contributed by atoms with Gasteiger partial charge in [0.1, 0.15) is 0 Å². The van der Waals surface area contributed by atoms with Crippen LogP contribution in [0.1, 0.15) is 29.8 Å². The number of hydrogen-bond donors (Lipinski definition) is 1. The van der Waals surface area contributed by atoms with Gasteiger partial charge in [-0.3, -0.25) is 0 Å². The Morgan fingerprint density at radius 1 is 1.50 bits per heavy atom. The summed E-state index contributed by atoms with van der Waals surface area (Å²) in [4.78, 5) is 3.83. The highest BCUT2D eigenvalue weighted by molar-refractivity contribution is 7.99. The lowest BCUT2D eigenvalue weighted by molar-refractivity contribution is -0.137. The lowest BCUT2D eigenvalue weighted by Gasteiger charge is -2.10. The second kappa shape index (κ2) is 5.37. The third-order valence-electron chi connectivity index (χ3n) is 1.74. The maximum atomic E-state index is 12.3. The van der Waals surface area contributed by atoms with Gasteiger partial charge in [0.25, 0.3) is 0 Å². The van der Waals surface area contributed by atoms with E-state index in [4.69, 9.17) is 5.73 Å². The van der Waals surface area contributed by atoms with Gasteiger partial charge in [-0.15, -0.1) is 11.3 Å². The maximum Gasteiger partial charge on any atom is 0.443 e. The molecule has 0 spiro atoms. The summed E-state index contributed by atoms with van der Waals surface area (Å²) in [5, 5.41) is -0.409. The lowest BCUT2D eigenvalue weighted by Crippen LogP contribution is -2.12. The van der Waals surface area contributed by atoms with E-state index in [1.807, 2.05) is 13.8 Å². The number of aromatic nitrogens is 1. The second-order valence-corrected chi connectivity index (χ2v) is 6.23. The quantitative estimate of drug-likeness (QED) is 0.912. The van der Waals surface area contributed by atoms with Crippen molar-refractivity contribution in [1.29, 1.82) is 0 Å². The summed E-state index contributed by atoms with van der Waals surface area (Å²) in [7, 11) is 0. The van der Waals surface area contributed by atoms with E-state index in [0.717, 1.165) is 0 Å². The van der Waals surface area contributed by atoms with Gasteiger partial charge in [0, 0.05) is 22.9 Å². The van der Waals surface area contributed by atoms with Gasteiger partial charge in [-0.1, -0.05) is 13.8 Å². The molecule has 0 saturated carbocycles. The summed E-state index contributed by atoms with van der Waals surface area (Å²) in [5.74, 6) is 0.608. The Morgan fingerprint density at radius 2 is 2.12 bits per heavy atom. The van der Waals surface area contributed by atoms with Crippen molar-refractivity contribution in [2.24, 2.45) is 5.73 Å². The van der Waals surface area contributed by atoms with Gasteiger partial charge in [-0.05, 0) is 5.25 Å². The fraction of sp³-hybridized carbons (Fsp3) is 0.667. The Balaban J connectivity index is 2.63. The van der Waals surface area contributed by atoms with Gasteiger partial charge in [0.05, 0.1) is 0 Å². The number of rotatable bonds is 4. The van der Waals surface area contributed by atoms with Crippen LogP contribution in [0.15, 0.2) is 6.20 Å². The van der Waals surface area contributed by atoms with Crippen molar-refractivity contribution in [2.75, 3.05) is 5.75 Å². The molecule has 0 aliphatic heterocycles. The standard InChI is InChI=1S/C9H13F3N2S2/c1-5(2)15-4-6(13)7-3-14-8(16-7)9(10,11)12/h3,5-6H,4,13H2,1-2H3. The van der Waals surface area contributed by atoms with Crippen LogP contribution in [0.25, 0.3) is 0 Å². The van der Waals surface area contributed by atoms with Gasteiger partial charge < -0.3 is 5.73 Å². The predicted molar refractivity (Wildman–Crippen MR) is 61.6 cm³/mol. The van der Waals surface area contributed by atoms with Crippen LogP contribution >= 0.6 is 23.1 Å². The number of alkyl halides is 3. The molecule has 0 aliphatic carbocycles. The number of nitrogens with two attached hydrogens (primary N) is 1. The van der Waals surface area contributed by atoms with Crippen LogP contribution in [0.2, 0.25) is 0 Å². The first-order valence-corrected chi connectivity index (χ1v) is 6.57. The molecule has 7 heteroatoms. The molecule has 2 N–H and O–H groups in total. The van der Waals surface area contributed by atoms with Crippen molar-refractivity contribution in [3.8, 4) is 0 Å². The largest absolute Gasteiger partial charge is 0.443 e. The average molecular weight is 270 g/mol. The van der Waals surface area contributed by atoms with E-state index in [0.29, 0.717) is 27.2 Å². The molecule has 92 valence electrons. The van der Waals surface area contributed by atoms with Gasteiger partial charge in [0.15, 0.2) is 5.01 Å². The van der Waals surface area contributed by atoms with Crippen molar-refractivity contribution in [2.45, 2.75) is 31.3 Å². The number of thioether (sulfide) groups is 1. The molecule has 0 bridgehead atoms. The van der Waals surface area contributed by atoms with Crippen LogP contribution < -0.4 is 5.73 Å². The van der Waals surface area contributed by atoms with Crippen LogP contribution in [0.5, 0.6) is 0 Å². The van der Waals surface area contributed by atoms with Gasteiger partial charge >= 0.3 is 6.18 Å². The number of thiazole rings is 1. The Morgan fingerprint density at radius 3 is 2.56 bits per heavy atom. The highest BCUT2D eigenvalue weighted by atomic mass is 32.2. The fourth-order valence-corrected chi connectivity index (χ4v) is 2.63. The van der Waals surface area contributed by atoms with Gasteiger partial charge in [-0.25, -0.2) is 4.98 Å². The lowest BCUT2D eigenvalue weighted by atomic mass is 10.3. The zero-order chi connectivity index (χ0) is 12.3. The van der Waals surface area contributed by atoms with E-state index in [1.54, 1.807) is 11.8 Å². The number of hydrogen-bond acceptors (Lipinski definition) is 4. The molecule has 1 aromatic rings. The molecule has 16 heavy (non-hydrogen) atoms. The third kappa shape index (κ3) is 3.95. The van der Waals surface area contributed by atoms with Crippen molar-refractivity contribution in [1.82, 2.24) is 4.98 Å². The molecule has 1 unspecified atom stereocenters. The first-order valence-electron chi connectivity index (χ1n) is 4.71. The molecule has 0 aromatic carbocycles. The summed E-state index contributed by atoms with van der Waals surface area (Å²) in [6, 6.07) is -0.374. The predicted octanol–water partition coefficient (Wildman–Crippen LogP) is 3.30. The van der Waals surface area contributed by atoms with Crippen molar-refractivity contribution in [3.05, 3.63) is 16.1 Å². The van der Waals surface area contributed by atoms with E-state index >= 15 is 0 Å². The Hall–Kier alpha value is -0.270. The fourth-order valence-electron chi connectivity index (χ4n) is 0.967. The minimum Gasteiger partial charge on any atom is -0.323 e. The van der Waals surface area contributed by atoms with Gasteiger partial charge in [-0.2, -0.15) is 24.9 Å². The minimum atomic E-state index is -4.37. The Bertz CT molecular complexity index is 336. The molecule has 0 fully saturated rings. The molecule has 1 atom stereocenters. The molecule has 0 radical (unpaired) electrons. The number of nitrogens with zero attached hydrogens (tertiary/aromatic N) is 1. The molecule has 1 heterocycles. The summed E-state index contributed by atoms with van der Waals surface area (Å²) >= 11 is 2.25. The van der Waals surface area contributed by atoms with Crippen molar-refractivity contribution in [3.63, 3.8) is 0 Å². The third-order valence-corrected chi connectivity index (χ3v) is 4.13. The van der Waals surface area contributed by atoms with Crippen LogP contribution in [0, 0.1) is 0 Å². The Kier molecular flexibility index (Phi) is 4.63. The zero-order valence-electron chi connectivity index (χ0n) is 8.91. The minimum absolute atomic E-state index is 0.374. The van der Waals surface area contributed by atoms with Crippen molar-refractivity contribution < 1.29 is 13.2 Å². The molecule has 0 amide bonds. The van der Waals surface area contributed by atoms with Crippen LogP contribution in [0.4, 0.5) is 13.2 Å². The SMILES string of the molecule is CC(C)SCC(N)c1cnc(C(F)(F)F)s1. The van der Waals surface area contributed by atoms with E-state index < -0.39 is 11.2 Å². The van der Waals surface area contributed by atoms with Crippen LogP contribution in [0.3, 0.4) is 0 Å². The topological polar surface area (TPSA) is 38.9 Å². The highest BCUT2D eigenvalue weighted by Crippen LogP contribution is 2.34. The zero-order valence-corrected chi connectivity index (χ0v) is 10.5. The van der Waals surface area contributed by atoms with Crippen LogP contribution in [-0.2, 0) is 6.18 Å². The van der Waals surface area contributed by atoms with E-state index in [-0.39, 0.29) is 6.04 Å². The molecule has 0 aliphatic rings. The maximum absolute atomic E-state index is 12.3. The second-order valence-electron chi connectivity index (χ2n) is 3.55. The Labute approximate surface area is 100 Å². The first kappa shape index (κ1) is 13.8.